The first-order valence-electron chi connectivity index (χ1n) is 11.6. The number of rotatable bonds is 9. The van der Waals surface area contributed by atoms with Crippen molar-refractivity contribution in [2.45, 2.75) is 32.4 Å². The Morgan fingerprint density at radius 1 is 1.17 bits per heavy atom. The fourth-order valence-corrected chi connectivity index (χ4v) is 4.10. The lowest BCUT2D eigenvalue weighted by molar-refractivity contribution is -0.137. The van der Waals surface area contributed by atoms with Crippen molar-refractivity contribution in [3.8, 4) is 6.07 Å². The van der Waals surface area contributed by atoms with Crippen LogP contribution < -0.4 is 10.2 Å². The third-order valence-corrected chi connectivity index (χ3v) is 6.05. The first kappa shape index (κ1) is 24.4. The van der Waals surface area contributed by atoms with Crippen molar-refractivity contribution in [3.05, 3.63) is 83.8 Å². The molecule has 1 amide bonds. The molecule has 9 heteroatoms. The second-order valence-corrected chi connectivity index (χ2v) is 8.36. The lowest BCUT2D eigenvalue weighted by Crippen LogP contribution is -2.42. The van der Waals surface area contributed by atoms with Gasteiger partial charge in [0, 0.05) is 30.5 Å². The summed E-state index contributed by atoms with van der Waals surface area (Å²) in [6.45, 7) is 2.31. The van der Waals surface area contributed by atoms with Crippen molar-refractivity contribution < 1.29 is 14.7 Å². The highest BCUT2D eigenvalue weighted by molar-refractivity contribution is 6.07. The van der Waals surface area contributed by atoms with E-state index in [1.54, 1.807) is 48.7 Å². The van der Waals surface area contributed by atoms with Crippen LogP contribution in [0.25, 0.3) is 11.0 Å². The minimum Gasteiger partial charge on any atom is -0.481 e. The van der Waals surface area contributed by atoms with Crippen LogP contribution in [0.1, 0.15) is 41.5 Å². The number of hydrogen-bond donors (Lipinski definition) is 2. The van der Waals surface area contributed by atoms with E-state index in [0.29, 0.717) is 35.4 Å². The molecule has 2 aromatic heterocycles. The molecule has 2 heterocycles. The number of amides is 1. The summed E-state index contributed by atoms with van der Waals surface area (Å²) in [5.41, 5.74) is 3.39. The van der Waals surface area contributed by atoms with Gasteiger partial charge in [0.2, 0.25) is 0 Å². The Labute approximate surface area is 208 Å². The number of pyridine rings is 1. The molecular weight excluding hydrogens is 456 g/mol. The van der Waals surface area contributed by atoms with E-state index in [1.165, 1.54) is 4.90 Å². The van der Waals surface area contributed by atoms with Gasteiger partial charge in [0.15, 0.2) is 0 Å². The maximum absolute atomic E-state index is 13.6. The average Bonchev–Trinajstić information content (AvgIpc) is 3.22. The molecule has 0 spiro atoms. The highest BCUT2D eigenvalue weighted by atomic mass is 16.4. The second-order valence-electron chi connectivity index (χ2n) is 8.36. The number of carbonyl (C=O) groups is 2. The summed E-state index contributed by atoms with van der Waals surface area (Å²) in [4.78, 5) is 35.6. The topological polar surface area (TPSA) is 124 Å². The Hall–Kier alpha value is -4.71. The molecule has 2 aromatic carbocycles. The molecule has 0 saturated carbocycles. The molecule has 4 rings (SSSR count). The number of nitriles is 1. The number of aliphatic carboxylic acids is 1. The van der Waals surface area contributed by atoms with E-state index in [1.807, 2.05) is 36.7 Å². The lowest BCUT2D eigenvalue weighted by atomic mass is 10.1. The molecule has 182 valence electrons. The molecule has 0 radical (unpaired) electrons. The summed E-state index contributed by atoms with van der Waals surface area (Å²) in [6.07, 6.45) is 1.86. The molecule has 1 unspecified atom stereocenters. The summed E-state index contributed by atoms with van der Waals surface area (Å²) in [7, 11) is 1.91. The summed E-state index contributed by atoms with van der Waals surface area (Å²) in [6, 6.07) is 19.2. The van der Waals surface area contributed by atoms with E-state index < -0.39 is 12.0 Å². The number of nitrogens with zero attached hydrogens (tertiary/aromatic N) is 5. The van der Waals surface area contributed by atoms with E-state index in [9.17, 15) is 14.7 Å². The van der Waals surface area contributed by atoms with Crippen molar-refractivity contribution in [1.29, 1.82) is 5.26 Å². The fraction of sp³-hybridized carbons (Fsp3) is 0.222. The fourth-order valence-electron chi connectivity index (χ4n) is 4.10. The zero-order chi connectivity index (χ0) is 25.7. The number of benzene rings is 2. The number of carboxylic acid groups (broad SMARTS) is 1. The lowest BCUT2D eigenvalue weighted by Gasteiger charge is -2.29. The van der Waals surface area contributed by atoms with Crippen LogP contribution in [0.5, 0.6) is 0 Å². The van der Waals surface area contributed by atoms with Crippen LogP contribution in [0.3, 0.4) is 0 Å². The van der Waals surface area contributed by atoms with Crippen molar-refractivity contribution in [1.82, 2.24) is 14.5 Å². The van der Waals surface area contributed by atoms with Gasteiger partial charge in [0.1, 0.15) is 11.6 Å². The summed E-state index contributed by atoms with van der Waals surface area (Å²) < 4.78 is 1.95. The van der Waals surface area contributed by atoms with E-state index >= 15 is 0 Å². The average molecular weight is 483 g/mol. The number of imidazole rings is 1. The predicted octanol–water partition coefficient (Wildman–Crippen LogP) is 4.35. The highest BCUT2D eigenvalue weighted by Crippen LogP contribution is 2.24. The molecule has 0 aliphatic carbocycles. The summed E-state index contributed by atoms with van der Waals surface area (Å²) >= 11 is 0. The zero-order valence-corrected chi connectivity index (χ0v) is 20.0. The number of fused-ring (bicyclic) bond motifs is 1. The monoisotopic (exact) mass is 482 g/mol. The largest absolute Gasteiger partial charge is 0.481 e. The van der Waals surface area contributed by atoms with Crippen LogP contribution in [0, 0.1) is 11.3 Å². The molecule has 0 fully saturated rings. The van der Waals surface area contributed by atoms with Gasteiger partial charge >= 0.3 is 5.97 Å². The predicted molar refractivity (Wildman–Crippen MR) is 137 cm³/mol. The Balaban J connectivity index is 1.62. The van der Waals surface area contributed by atoms with Crippen molar-refractivity contribution in [2.75, 3.05) is 10.2 Å². The third kappa shape index (κ3) is 5.18. The molecule has 1 atom stereocenters. The standard InChI is InChI=1S/C27H26N6O3/c1-3-21(15-26(34)35)33(24-6-4-5-13-29-24)27(36)19-9-12-23-22(14-19)31-25(32(23)2)17-30-20-10-7-18(16-28)8-11-20/h4-14,21,30H,3,15,17H2,1-2H3,(H,34,35). The second kappa shape index (κ2) is 10.7. The molecule has 0 saturated heterocycles. The molecule has 2 N–H and O–H groups in total. The van der Waals surface area contributed by atoms with Gasteiger partial charge in [-0.15, -0.1) is 0 Å². The number of nitrogens with one attached hydrogen (secondary N) is 1. The van der Waals surface area contributed by atoms with E-state index in [0.717, 1.165) is 17.0 Å². The molecule has 9 nitrogen and oxygen atoms in total. The van der Waals surface area contributed by atoms with Gasteiger partial charge in [-0.05, 0) is 61.0 Å². The van der Waals surface area contributed by atoms with Crippen LogP contribution in [0.2, 0.25) is 0 Å². The van der Waals surface area contributed by atoms with Gasteiger partial charge in [0.05, 0.1) is 35.6 Å². The number of hydrogen-bond acceptors (Lipinski definition) is 6. The summed E-state index contributed by atoms with van der Waals surface area (Å²) in [5, 5.41) is 21.7. The Morgan fingerprint density at radius 2 is 1.94 bits per heavy atom. The molecule has 0 aliphatic rings. The minimum atomic E-state index is -0.977. The number of carbonyl (C=O) groups excluding carboxylic acids is 1. The third-order valence-electron chi connectivity index (χ3n) is 6.05. The maximum atomic E-state index is 13.6. The first-order valence-corrected chi connectivity index (χ1v) is 11.6. The molecule has 0 bridgehead atoms. The van der Waals surface area contributed by atoms with Crippen molar-refractivity contribution in [3.63, 3.8) is 0 Å². The van der Waals surface area contributed by atoms with E-state index in [-0.39, 0.29) is 12.3 Å². The molecule has 4 aromatic rings. The first-order chi connectivity index (χ1) is 17.4. The van der Waals surface area contributed by atoms with Gasteiger partial charge in [-0.1, -0.05) is 13.0 Å². The van der Waals surface area contributed by atoms with Gasteiger partial charge in [-0.3, -0.25) is 14.5 Å². The van der Waals surface area contributed by atoms with Crippen molar-refractivity contribution in [2.24, 2.45) is 7.05 Å². The maximum Gasteiger partial charge on any atom is 0.305 e. The van der Waals surface area contributed by atoms with Gasteiger partial charge in [-0.25, -0.2) is 9.97 Å². The Kier molecular flexibility index (Phi) is 7.25. The number of aromatic nitrogens is 3. The molecule has 0 aliphatic heterocycles. The van der Waals surface area contributed by atoms with E-state index in [4.69, 9.17) is 10.2 Å². The van der Waals surface area contributed by atoms with Gasteiger partial charge < -0.3 is 15.0 Å². The van der Waals surface area contributed by atoms with Crippen molar-refractivity contribution >= 4 is 34.4 Å². The number of carboxylic acids is 1. The van der Waals surface area contributed by atoms with Gasteiger partial charge in [0.25, 0.3) is 5.91 Å². The van der Waals surface area contributed by atoms with E-state index in [2.05, 4.69) is 16.4 Å². The van der Waals surface area contributed by atoms with Crippen LogP contribution in [0.15, 0.2) is 66.9 Å². The number of aryl methyl sites for hydroxylation is 1. The smallest absolute Gasteiger partial charge is 0.305 e. The SMILES string of the molecule is CCC(CC(=O)O)N(C(=O)c1ccc2c(c1)nc(CNc1ccc(C#N)cc1)n2C)c1ccccn1. The van der Waals surface area contributed by atoms with Crippen LogP contribution in [0.4, 0.5) is 11.5 Å². The van der Waals surface area contributed by atoms with Crippen LogP contribution in [-0.4, -0.2) is 37.6 Å². The van der Waals surface area contributed by atoms with Gasteiger partial charge in [-0.2, -0.15) is 5.26 Å². The quantitative estimate of drug-likeness (QED) is 0.363. The summed E-state index contributed by atoms with van der Waals surface area (Å²) in [5.74, 6) is -0.122. The Bertz CT molecular complexity index is 1420. The normalized spacial score (nSPS) is 11.6. The molecular formula is C27H26N6O3. The Morgan fingerprint density at radius 3 is 2.58 bits per heavy atom. The molecule has 36 heavy (non-hydrogen) atoms. The van der Waals surface area contributed by atoms with Crippen LogP contribution >= 0.6 is 0 Å². The zero-order valence-electron chi connectivity index (χ0n) is 20.0. The number of anilines is 2. The minimum absolute atomic E-state index is 0.185. The van der Waals surface area contributed by atoms with Crippen LogP contribution in [-0.2, 0) is 18.4 Å². The highest BCUT2D eigenvalue weighted by Gasteiger charge is 2.28.